The summed E-state index contributed by atoms with van der Waals surface area (Å²) in [6.45, 7) is 4.89. The van der Waals surface area contributed by atoms with Crippen molar-refractivity contribution in [2.45, 2.75) is 30.2 Å². The second-order valence-electron chi connectivity index (χ2n) is 5.20. The molecule has 0 atom stereocenters. The number of aromatic nitrogens is 2. The van der Waals surface area contributed by atoms with Gasteiger partial charge in [0, 0.05) is 17.5 Å². The van der Waals surface area contributed by atoms with Crippen LogP contribution in [0.5, 0.6) is 0 Å². The zero-order valence-electron chi connectivity index (χ0n) is 12.3. The van der Waals surface area contributed by atoms with E-state index in [1.54, 1.807) is 11.8 Å². The third-order valence-corrected chi connectivity index (χ3v) is 4.71. The molecule has 2 heterocycles. The van der Waals surface area contributed by atoms with Crippen LogP contribution in [0, 0.1) is 13.8 Å². The molecule has 0 amide bonds. The van der Waals surface area contributed by atoms with Crippen molar-refractivity contribution >= 4 is 17.4 Å². The van der Waals surface area contributed by atoms with Gasteiger partial charge in [-0.15, -0.1) is 0 Å². The highest BCUT2D eigenvalue weighted by atomic mass is 32.2. The van der Waals surface area contributed by atoms with Crippen molar-refractivity contribution in [2.24, 2.45) is 5.73 Å². The highest BCUT2D eigenvalue weighted by Gasteiger charge is 2.13. The van der Waals surface area contributed by atoms with Gasteiger partial charge in [-0.3, -0.25) is 0 Å². The minimum atomic E-state index is 0.628. The quantitative estimate of drug-likeness (QED) is 0.800. The number of rotatable bonds is 4. The first-order chi connectivity index (χ1) is 10.2. The molecular formula is C17H19N3S. The van der Waals surface area contributed by atoms with Gasteiger partial charge in [0.05, 0.1) is 5.69 Å². The van der Waals surface area contributed by atoms with E-state index in [4.69, 9.17) is 10.7 Å². The van der Waals surface area contributed by atoms with E-state index in [9.17, 15) is 0 Å². The Morgan fingerprint density at radius 1 is 1.19 bits per heavy atom. The topological polar surface area (TPSA) is 43.3 Å². The maximum absolute atomic E-state index is 5.77. The standard InChI is InChI=1S/C17H19N3S/c1-12-6-7-15(13(2)11-12)21-17-14(8-9-18)20-10-4-3-5-16(20)19-17/h3-7,10-11H,8-9,18H2,1-2H3. The summed E-state index contributed by atoms with van der Waals surface area (Å²) in [4.78, 5) is 6.01. The zero-order chi connectivity index (χ0) is 14.8. The predicted octanol–water partition coefficient (Wildman–Crippen LogP) is 3.60. The Bertz CT molecular complexity index is 777. The van der Waals surface area contributed by atoms with Gasteiger partial charge in [0.2, 0.25) is 0 Å². The number of imidazole rings is 1. The van der Waals surface area contributed by atoms with Gasteiger partial charge in [0.25, 0.3) is 0 Å². The van der Waals surface area contributed by atoms with Gasteiger partial charge in [-0.1, -0.05) is 35.5 Å². The molecule has 0 saturated carbocycles. The summed E-state index contributed by atoms with van der Waals surface area (Å²) >= 11 is 1.73. The van der Waals surface area contributed by atoms with Crippen LogP contribution < -0.4 is 5.73 Å². The van der Waals surface area contributed by atoms with Crippen LogP contribution in [-0.4, -0.2) is 15.9 Å². The largest absolute Gasteiger partial charge is 0.330 e. The fourth-order valence-corrected chi connectivity index (χ4v) is 3.51. The molecule has 3 nitrogen and oxygen atoms in total. The number of benzene rings is 1. The van der Waals surface area contributed by atoms with Crippen LogP contribution in [-0.2, 0) is 6.42 Å². The maximum Gasteiger partial charge on any atom is 0.138 e. The SMILES string of the molecule is Cc1ccc(Sc2nc3ccccn3c2CCN)c(C)c1. The highest BCUT2D eigenvalue weighted by Crippen LogP contribution is 2.33. The normalized spacial score (nSPS) is 11.2. The monoisotopic (exact) mass is 297 g/mol. The number of nitrogens with zero attached hydrogens (tertiary/aromatic N) is 2. The van der Waals surface area contributed by atoms with Crippen LogP contribution in [0.4, 0.5) is 0 Å². The molecule has 0 saturated heterocycles. The average molecular weight is 297 g/mol. The van der Waals surface area contributed by atoms with E-state index in [1.165, 1.54) is 21.7 Å². The zero-order valence-corrected chi connectivity index (χ0v) is 13.2. The molecular weight excluding hydrogens is 278 g/mol. The molecule has 2 aromatic heterocycles. The molecule has 0 bridgehead atoms. The summed E-state index contributed by atoms with van der Waals surface area (Å²) in [6, 6.07) is 12.6. The van der Waals surface area contributed by atoms with E-state index < -0.39 is 0 Å². The van der Waals surface area contributed by atoms with Crippen molar-refractivity contribution in [3.8, 4) is 0 Å². The Kier molecular flexibility index (Phi) is 3.99. The average Bonchev–Trinajstić information content (AvgIpc) is 2.81. The summed E-state index contributed by atoms with van der Waals surface area (Å²) in [5, 5.41) is 1.05. The van der Waals surface area contributed by atoms with E-state index in [1.807, 2.05) is 18.2 Å². The van der Waals surface area contributed by atoms with Crippen LogP contribution >= 0.6 is 11.8 Å². The lowest BCUT2D eigenvalue weighted by atomic mass is 10.2. The molecule has 21 heavy (non-hydrogen) atoms. The van der Waals surface area contributed by atoms with Crippen LogP contribution in [0.15, 0.2) is 52.5 Å². The molecule has 3 aromatic rings. The van der Waals surface area contributed by atoms with Crippen molar-refractivity contribution in [2.75, 3.05) is 6.54 Å². The minimum absolute atomic E-state index is 0.628. The van der Waals surface area contributed by atoms with Gasteiger partial charge < -0.3 is 10.1 Å². The molecule has 108 valence electrons. The molecule has 0 aliphatic heterocycles. The summed E-state index contributed by atoms with van der Waals surface area (Å²) in [7, 11) is 0. The van der Waals surface area contributed by atoms with Crippen molar-refractivity contribution in [1.29, 1.82) is 0 Å². The first-order valence-corrected chi connectivity index (χ1v) is 7.92. The first-order valence-electron chi connectivity index (χ1n) is 7.10. The summed E-state index contributed by atoms with van der Waals surface area (Å²) < 4.78 is 2.14. The summed E-state index contributed by atoms with van der Waals surface area (Å²) in [5.41, 5.74) is 10.5. The maximum atomic E-state index is 5.77. The molecule has 2 N–H and O–H groups in total. The van der Waals surface area contributed by atoms with Crippen LogP contribution in [0.2, 0.25) is 0 Å². The van der Waals surface area contributed by atoms with Gasteiger partial charge in [-0.2, -0.15) is 0 Å². The van der Waals surface area contributed by atoms with E-state index in [-0.39, 0.29) is 0 Å². The molecule has 0 aliphatic carbocycles. The molecule has 0 aliphatic rings. The Balaban J connectivity index is 2.05. The molecule has 0 spiro atoms. The Morgan fingerprint density at radius 2 is 2.05 bits per heavy atom. The number of hydrogen-bond acceptors (Lipinski definition) is 3. The molecule has 4 heteroatoms. The number of hydrogen-bond donors (Lipinski definition) is 1. The summed E-state index contributed by atoms with van der Waals surface area (Å²) in [6.07, 6.45) is 2.89. The van der Waals surface area contributed by atoms with Gasteiger partial charge in [0.15, 0.2) is 0 Å². The van der Waals surface area contributed by atoms with E-state index in [0.29, 0.717) is 6.54 Å². The van der Waals surface area contributed by atoms with E-state index in [2.05, 4.69) is 42.6 Å². The highest BCUT2D eigenvalue weighted by molar-refractivity contribution is 7.99. The lowest BCUT2D eigenvalue weighted by Gasteiger charge is -2.07. The van der Waals surface area contributed by atoms with E-state index in [0.717, 1.165) is 17.1 Å². The number of nitrogens with two attached hydrogens (primary N) is 1. The molecule has 0 fully saturated rings. The fourth-order valence-electron chi connectivity index (χ4n) is 2.49. The third kappa shape index (κ3) is 2.82. The molecule has 0 radical (unpaired) electrons. The van der Waals surface area contributed by atoms with Crippen molar-refractivity contribution in [1.82, 2.24) is 9.38 Å². The van der Waals surface area contributed by atoms with Crippen molar-refractivity contribution < 1.29 is 0 Å². The molecule has 1 aromatic carbocycles. The smallest absolute Gasteiger partial charge is 0.138 e. The predicted molar refractivity (Wildman–Crippen MR) is 88.0 cm³/mol. The van der Waals surface area contributed by atoms with Crippen molar-refractivity contribution in [3.63, 3.8) is 0 Å². The second kappa shape index (κ2) is 5.92. The van der Waals surface area contributed by atoms with Gasteiger partial charge in [-0.05, 0) is 44.2 Å². The molecule has 3 rings (SSSR count). The number of pyridine rings is 1. The van der Waals surface area contributed by atoms with Crippen LogP contribution in [0.1, 0.15) is 16.8 Å². The van der Waals surface area contributed by atoms with Gasteiger partial charge in [0.1, 0.15) is 10.7 Å². The van der Waals surface area contributed by atoms with Gasteiger partial charge >= 0.3 is 0 Å². The van der Waals surface area contributed by atoms with Crippen LogP contribution in [0.3, 0.4) is 0 Å². The summed E-state index contributed by atoms with van der Waals surface area (Å²) in [5.74, 6) is 0. The first kappa shape index (κ1) is 14.2. The second-order valence-corrected chi connectivity index (χ2v) is 6.23. The Hall–Kier alpha value is -1.78. The van der Waals surface area contributed by atoms with Crippen LogP contribution in [0.25, 0.3) is 5.65 Å². The lowest BCUT2D eigenvalue weighted by molar-refractivity contribution is 0.876. The Morgan fingerprint density at radius 3 is 2.81 bits per heavy atom. The number of aryl methyl sites for hydroxylation is 2. The third-order valence-electron chi connectivity index (χ3n) is 3.51. The lowest BCUT2D eigenvalue weighted by Crippen LogP contribution is -2.05. The van der Waals surface area contributed by atoms with Crippen molar-refractivity contribution in [3.05, 3.63) is 59.4 Å². The van der Waals surface area contributed by atoms with E-state index >= 15 is 0 Å². The molecule has 0 unspecified atom stereocenters. The Labute approximate surface area is 129 Å². The van der Waals surface area contributed by atoms with Gasteiger partial charge in [-0.25, -0.2) is 4.98 Å². The fraction of sp³-hybridized carbons (Fsp3) is 0.235. The minimum Gasteiger partial charge on any atom is -0.330 e. The number of fused-ring (bicyclic) bond motifs is 1.